The third-order valence-electron chi connectivity index (χ3n) is 3.44. The molecule has 1 saturated carbocycles. The second-order valence-electron chi connectivity index (χ2n) is 4.61. The topological polar surface area (TPSA) is 65.5 Å². The Kier molecular flexibility index (Phi) is 4.76. The standard InChI is InChI=1S/C13H18BrN3O2/c1-15-12-11(7-9(14)8-16-12)13(19)17(5-6-18)10-3-2-4-10/h7-8,10,18H,2-6H2,1H3,(H,15,16). The first-order chi connectivity index (χ1) is 9.17. The van der Waals surface area contributed by atoms with Crippen LogP contribution >= 0.6 is 15.9 Å². The molecule has 1 aliphatic rings. The lowest BCUT2D eigenvalue weighted by Gasteiger charge is -2.37. The highest BCUT2D eigenvalue weighted by Crippen LogP contribution is 2.28. The van der Waals surface area contributed by atoms with Crippen molar-refractivity contribution in [3.05, 3.63) is 22.3 Å². The first-order valence-corrected chi connectivity index (χ1v) is 7.21. The van der Waals surface area contributed by atoms with Crippen LogP contribution in [0.3, 0.4) is 0 Å². The SMILES string of the molecule is CNc1ncc(Br)cc1C(=O)N(CCO)C1CCC1. The van der Waals surface area contributed by atoms with E-state index in [2.05, 4.69) is 26.2 Å². The molecule has 0 radical (unpaired) electrons. The minimum Gasteiger partial charge on any atom is -0.395 e. The van der Waals surface area contributed by atoms with Gasteiger partial charge in [0, 0.05) is 30.3 Å². The summed E-state index contributed by atoms with van der Waals surface area (Å²) >= 11 is 3.34. The molecule has 104 valence electrons. The van der Waals surface area contributed by atoms with E-state index in [0.29, 0.717) is 17.9 Å². The molecule has 1 fully saturated rings. The number of amides is 1. The molecule has 5 nitrogen and oxygen atoms in total. The van der Waals surface area contributed by atoms with E-state index in [1.54, 1.807) is 24.2 Å². The summed E-state index contributed by atoms with van der Waals surface area (Å²) in [5, 5.41) is 12.1. The maximum Gasteiger partial charge on any atom is 0.257 e. The monoisotopic (exact) mass is 327 g/mol. The molecule has 0 spiro atoms. The molecule has 0 bridgehead atoms. The highest BCUT2D eigenvalue weighted by atomic mass is 79.9. The van der Waals surface area contributed by atoms with Crippen LogP contribution in [0.2, 0.25) is 0 Å². The van der Waals surface area contributed by atoms with Gasteiger partial charge in [0.05, 0.1) is 12.2 Å². The van der Waals surface area contributed by atoms with E-state index in [1.807, 2.05) is 0 Å². The Morgan fingerprint density at radius 3 is 2.89 bits per heavy atom. The molecule has 1 heterocycles. The van der Waals surface area contributed by atoms with Crippen molar-refractivity contribution >= 4 is 27.7 Å². The van der Waals surface area contributed by atoms with E-state index >= 15 is 0 Å². The van der Waals surface area contributed by atoms with Gasteiger partial charge < -0.3 is 15.3 Å². The average Bonchev–Trinajstić information content (AvgIpc) is 2.35. The van der Waals surface area contributed by atoms with Gasteiger partial charge in [0.25, 0.3) is 5.91 Å². The molecule has 6 heteroatoms. The predicted molar refractivity (Wildman–Crippen MR) is 77.2 cm³/mol. The first kappa shape index (κ1) is 14.3. The number of aromatic nitrogens is 1. The summed E-state index contributed by atoms with van der Waals surface area (Å²) in [7, 11) is 1.74. The average molecular weight is 328 g/mol. The van der Waals surface area contributed by atoms with Crippen molar-refractivity contribution in [2.24, 2.45) is 0 Å². The second kappa shape index (κ2) is 6.34. The van der Waals surface area contributed by atoms with Crippen LogP contribution in [0.1, 0.15) is 29.6 Å². The summed E-state index contributed by atoms with van der Waals surface area (Å²) in [6.07, 6.45) is 4.84. The number of carbonyl (C=O) groups excluding carboxylic acids is 1. The van der Waals surface area contributed by atoms with Gasteiger partial charge in [-0.1, -0.05) is 0 Å². The quantitative estimate of drug-likeness (QED) is 0.866. The van der Waals surface area contributed by atoms with Gasteiger partial charge in [-0.2, -0.15) is 0 Å². The van der Waals surface area contributed by atoms with Crippen molar-refractivity contribution in [1.29, 1.82) is 0 Å². The van der Waals surface area contributed by atoms with Gasteiger partial charge in [0.15, 0.2) is 0 Å². The number of hydrogen-bond donors (Lipinski definition) is 2. The van der Waals surface area contributed by atoms with E-state index < -0.39 is 0 Å². The molecular weight excluding hydrogens is 310 g/mol. The summed E-state index contributed by atoms with van der Waals surface area (Å²) in [6, 6.07) is 2.02. The van der Waals surface area contributed by atoms with Crippen molar-refractivity contribution in [3.63, 3.8) is 0 Å². The lowest BCUT2D eigenvalue weighted by Crippen LogP contribution is -2.45. The van der Waals surface area contributed by atoms with Gasteiger partial charge in [0.2, 0.25) is 0 Å². The number of nitrogens with one attached hydrogen (secondary N) is 1. The molecule has 1 aliphatic carbocycles. The van der Waals surface area contributed by atoms with Crippen molar-refractivity contribution in [2.75, 3.05) is 25.5 Å². The molecule has 2 N–H and O–H groups in total. The molecule has 0 aliphatic heterocycles. The highest BCUT2D eigenvalue weighted by molar-refractivity contribution is 9.10. The number of rotatable bonds is 5. The van der Waals surface area contributed by atoms with E-state index in [4.69, 9.17) is 5.11 Å². The van der Waals surface area contributed by atoms with Gasteiger partial charge in [-0.3, -0.25) is 4.79 Å². The molecule has 0 saturated heterocycles. The lowest BCUT2D eigenvalue weighted by molar-refractivity contribution is 0.0526. The molecule has 0 atom stereocenters. The van der Waals surface area contributed by atoms with Crippen LogP contribution in [0, 0.1) is 0 Å². The predicted octanol–water partition coefficient (Wildman–Crippen LogP) is 1.87. The van der Waals surface area contributed by atoms with E-state index in [9.17, 15) is 4.79 Å². The minimum atomic E-state index is -0.0723. The Morgan fingerprint density at radius 1 is 1.63 bits per heavy atom. The number of aliphatic hydroxyl groups excluding tert-OH is 1. The van der Waals surface area contributed by atoms with Gasteiger partial charge in [-0.05, 0) is 41.3 Å². The van der Waals surface area contributed by atoms with Crippen LogP contribution in [0.15, 0.2) is 16.7 Å². The zero-order valence-corrected chi connectivity index (χ0v) is 12.5. The Morgan fingerprint density at radius 2 is 2.37 bits per heavy atom. The summed E-state index contributed by atoms with van der Waals surface area (Å²) in [5.41, 5.74) is 0.539. The number of halogens is 1. The number of anilines is 1. The zero-order valence-electron chi connectivity index (χ0n) is 10.9. The van der Waals surface area contributed by atoms with Crippen LogP contribution in [0.25, 0.3) is 0 Å². The van der Waals surface area contributed by atoms with Crippen LogP contribution in [-0.2, 0) is 0 Å². The normalized spacial score (nSPS) is 14.9. The van der Waals surface area contributed by atoms with Crippen molar-refractivity contribution in [3.8, 4) is 0 Å². The second-order valence-corrected chi connectivity index (χ2v) is 5.52. The molecule has 19 heavy (non-hydrogen) atoms. The van der Waals surface area contributed by atoms with Gasteiger partial charge in [0.1, 0.15) is 5.82 Å². The maximum absolute atomic E-state index is 12.6. The van der Waals surface area contributed by atoms with Crippen molar-refractivity contribution in [2.45, 2.75) is 25.3 Å². The molecule has 0 aromatic carbocycles. The van der Waals surface area contributed by atoms with Crippen LogP contribution in [0.4, 0.5) is 5.82 Å². The molecule has 0 unspecified atom stereocenters. The summed E-state index contributed by atoms with van der Waals surface area (Å²) in [5.74, 6) is 0.493. The summed E-state index contributed by atoms with van der Waals surface area (Å²) in [6.45, 7) is 0.359. The first-order valence-electron chi connectivity index (χ1n) is 6.42. The Bertz CT molecular complexity index is 463. The van der Waals surface area contributed by atoms with Crippen molar-refractivity contribution < 1.29 is 9.90 Å². The third kappa shape index (κ3) is 3.06. The minimum absolute atomic E-state index is 0.0153. The van der Waals surface area contributed by atoms with E-state index in [0.717, 1.165) is 23.7 Å². The molecule has 2 rings (SSSR count). The van der Waals surface area contributed by atoms with Gasteiger partial charge in [-0.15, -0.1) is 0 Å². The largest absolute Gasteiger partial charge is 0.395 e. The van der Waals surface area contributed by atoms with Crippen LogP contribution < -0.4 is 5.32 Å². The summed E-state index contributed by atoms with van der Waals surface area (Å²) < 4.78 is 0.771. The Labute approximate surface area is 121 Å². The zero-order chi connectivity index (χ0) is 13.8. The van der Waals surface area contributed by atoms with E-state index in [1.165, 1.54) is 0 Å². The highest BCUT2D eigenvalue weighted by Gasteiger charge is 2.30. The number of aliphatic hydroxyl groups is 1. The number of carbonyl (C=O) groups is 1. The Balaban J connectivity index is 2.27. The maximum atomic E-state index is 12.6. The fraction of sp³-hybridized carbons (Fsp3) is 0.538. The molecular formula is C13H18BrN3O2. The molecule has 1 aromatic heterocycles. The fourth-order valence-electron chi connectivity index (χ4n) is 2.21. The van der Waals surface area contributed by atoms with E-state index in [-0.39, 0.29) is 18.6 Å². The Hall–Kier alpha value is -1.14. The number of hydrogen-bond acceptors (Lipinski definition) is 4. The van der Waals surface area contributed by atoms with Crippen LogP contribution in [-0.4, -0.2) is 47.1 Å². The third-order valence-corrected chi connectivity index (χ3v) is 3.87. The van der Waals surface area contributed by atoms with Crippen molar-refractivity contribution in [1.82, 2.24) is 9.88 Å². The van der Waals surface area contributed by atoms with Gasteiger partial charge >= 0.3 is 0 Å². The number of nitrogens with zero attached hydrogens (tertiary/aromatic N) is 2. The lowest BCUT2D eigenvalue weighted by atomic mass is 9.91. The summed E-state index contributed by atoms with van der Waals surface area (Å²) in [4.78, 5) is 18.6. The fourth-order valence-corrected chi connectivity index (χ4v) is 2.54. The van der Waals surface area contributed by atoms with Gasteiger partial charge in [-0.25, -0.2) is 4.98 Å². The smallest absolute Gasteiger partial charge is 0.257 e. The van der Waals surface area contributed by atoms with Crippen LogP contribution in [0.5, 0.6) is 0 Å². The number of pyridine rings is 1. The molecule has 1 amide bonds. The molecule has 1 aromatic rings.